The lowest BCUT2D eigenvalue weighted by molar-refractivity contribution is -0.384. The van der Waals surface area contributed by atoms with Gasteiger partial charge in [-0.2, -0.15) is 0 Å². The first-order valence-electron chi connectivity index (χ1n) is 5.51. The minimum Gasteiger partial charge on any atom is -0.353 e. The highest BCUT2D eigenvalue weighted by atomic mass is 16.6. The van der Waals surface area contributed by atoms with Crippen LogP contribution in [0, 0.1) is 10.1 Å². The van der Waals surface area contributed by atoms with Gasteiger partial charge in [0.15, 0.2) is 0 Å². The SMILES string of the molecule is NCCNC(=O)[C@H](N)Cc1ccc([N+](=O)[O-])cc1. The van der Waals surface area contributed by atoms with E-state index in [2.05, 4.69) is 5.32 Å². The Morgan fingerprint density at radius 1 is 1.39 bits per heavy atom. The van der Waals surface area contributed by atoms with Gasteiger partial charge < -0.3 is 16.8 Å². The molecular formula is C11H16N4O3. The van der Waals surface area contributed by atoms with Gasteiger partial charge >= 0.3 is 0 Å². The first-order valence-corrected chi connectivity index (χ1v) is 5.51. The molecule has 0 aliphatic rings. The molecule has 0 spiro atoms. The number of hydrogen-bond donors (Lipinski definition) is 3. The zero-order chi connectivity index (χ0) is 13.5. The van der Waals surface area contributed by atoms with Gasteiger partial charge in [0.25, 0.3) is 5.69 Å². The van der Waals surface area contributed by atoms with Crippen molar-refractivity contribution < 1.29 is 9.72 Å². The van der Waals surface area contributed by atoms with Gasteiger partial charge in [0, 0.05) is 25.2 Å². The molecule has 0 aliphatic heterocycles. The third-order valence-corrected chi connectivity index (χ3v) is 2.38. The van der Waals surface area contributed by atoms with Crippen molar-refractivity contribution in [2.45, 2.75) is 12.5 Å². The molecule has 0 heterocycles. The van der Waals surface area contributed by atoms with Crippen LogP contribution in [0.4, 0.5) is 5.69 Å². The number of carbonyl (C=O) groups excluding carboxylic acids is 1. The van der Waals surface area contributed by atoms with Crippen LogP contribution in [0.3, 0.4) is 0 Å². The molecule has 0 fully saturated rings. The summed E-state index contributed by atoms with van der Waals surface area (Å²) in [5, 5.41) is 13.1. The summed E-state index contributed by atoms with van der Waals surface area (Å²) in [6, 6.07) is 5.28. The maximum Gasteiger partial charge on any atom is 0.269 e. The first-order chi connectivity index (χ1) is 8.54. The minimum atomic E-state index is -0.682. The molecule has 0 aliphatic carbocycles. The van der Waals surface area contributed by atoms with Crippen LogP contribution in [-0.2, 0) is 11.2 Å². The quantitative estimate of drug-likeness (QED) is 0.466. The second-order valence-corrected chi connectivity index (χ2v) is 3.81. The summed E-state index contributed by atoms with van der Waals surface area (Å²) in [6.07, 6.45) is 0.328. The molecule has 1 rings (SSSR count). The van der Waals surface area contributed by atoms with Crippen molar-refractivity contribution in [2.75, 3.05) is 13.1 Å². The van der Waals surface area contributed by atoms with Crippen LogP contribution in [0.2, 0.25) is 0 Å². The Bertz CT molecular complexity index is 419. The number of carbonyl (C=O) groups is 1. The Kier molecular flexibility index (Phi) is 5.22. The molecule has 7 heteroatoms. The summed E-state index contributed by atoms with van der Waals surface area (Å²) in [5.41, 5.74) is 11.7. The van der Waals surface area contributed by atoms with Crippen LogP contribution >= 0.6 is 0 Å². The topological polar surface area (TPSA) is 124 Å². The van der Waals surface area contributed by atoms with Crippen molar-refractivity contribution in [2.24, 2.45) is 11.5 Å². The smallest absolute Gasteiger partial charge is 0.269 e. The number of nitrogens with one attached hydrogen (secondary N) is 1. The molecule has 98 valence electrons. The fraction of sp³-hybridized carbons (Fsp3) is 0.364. The Hall–Kier alpha value is -1.99. The maximum absolute atomic E-state index is 11.5. The predicted molar refractivity (Wildman–Crippen MR) is 66.8 cm³/mol. The first kappa shape index (κ1) is 14.1. The number of nitro groups is 1. The number of nitrogens with two attached hydrogens (primary N) is 2. The largest absolute Gasteiger partial charge is 0.353 e. The molecule has 0 saturated heterocycles. The molecule has 5 N–H and O–H groups in total. The maximum atomic E-state index is 11.5. The second-order valence-electron chi connectivity index (χ2n) is 3.81. The number of nitrogens with zero attached hydrogens (tertiary/aromatic N) is 1. The third-order valence-electron chi connectivity index (χ3n) is 2.38. The zero-order valence-corrected chi connectivity index (χ0v) is 9.83. The van der Waals surface area contributed by atoms with Crippen LogP contribution in [0.1, 0.15) is 5.56 Å². The number of amides is 1. The highest BCUT2D eigenvalue weighted by Crippen LogP contribution is 2.12. The van der Waals surface area contributed by atoms with E-state index >= 15 is 0 Å². The van der Waals surface area contributed by atoms with Crippen LogP contribution in [-0.4, -0.2) is 30.0 Å². The molecule has 0 unspecified atom stereocenters. The lowest BCUT2D eigenvalue weighted by Gasteiger charge is -2.11. The number of benzene rings is 1. The standard InChI is InChI=1S/C11H16N4O3/c12-5-6-14-11(16)10(13)7-8-1-3-9(4-2-8)15(17)18/h1-4,10H,5-7,12-13H2,(H,14,16)/t10-/m1/s1. The fourth-order valence-electron chi connectivity index (χ4n) is 1.43. The molecule has 7 nitrogen and oxygen atoms in total. The average molecular weight is 252 g/mol. The molecule has 0 radical (unpaired) electrons. The lowest BCUT2D eigenvalue weighted by Crippen LogP contribution is -2.43. The number of hydrogen-bond acceptors (Lipinski definition) is 5. The van der Waals surface area contributed by atoms with Gasteiger partial charge in [-0.3, -0.25) is 14.9 Å². The minimum absolute atomic E-state index is 0.0138. The van der Waals surface area contributed by atoms with Crippen molar-refractivity contribution >= 4 is 11.6 Å². The van der Waals surface area contributed by atoms with E-state index in [1.807, 2.05) is 0 Å². The van der Waals surface area contributed by atoms with Crippen LogP contribution in [0.25, 0.3) is 0 Å². The van der Waals surface area contributed by atoms with Gasteiger partial charge in [-0.1, -0.05) is 12.1 Å². The van der Waals surface area contributed by atoms with E-state index in [0.29, 0.717) is 19.5 Å². The van der Waals surface area contributed by atoms with Gasteiger partial charge in [0.05, 0.1) is 11.0 Å². The fourth-order valence-corrected chi connectivity index (χ4v) is 1.43. The predicted octanol–water partition coefficient (Wildman–Crippen LogP) is -0.460. The van der Waals surface area contributed by atoms with E-state index in [9.17, 15) is 14.9 Å². The Morgan fingerprint density at radius 2 is 2.00 bits per heavy atom. The van der Waals surface area contributed by atoms with Gasteiger partial charge in [-0.05, 0) is 12.0 Å². The van der Waals surface area contributed by atoms with E-state index in [1.165, 1.54) is 12.1 Å². The van der Waals surface area contributed by atoms with E-state index < -0.39 is 11.0 Å². The summed E-state index contributed by atoms with van der Waals surface area (Å²) in [5.74, 6) is -0.279. The monoisotopic (exact) mass is 252 g/mol. The van der Waals surface area contributed by atoms with Crippen LogP contribution in [0.5, 0.6) is 0 Å². The number of rotatable bonds is 6. The molecule has 0 aromatic heterocycles. The van der Waals surface area contributed by atoms with E-state index in [0.717, 1.165) is 5.56 Å². The average Bonchev–Trinajstić information content (AvgIpc) is 2.36. The molecule has 1 atom stereocenters. The summed E-state index contributed by atoms with van der Waals surface area (Å²) >= 11 is 0. The Balaban J connectivity index is 2.56. The van der Waals surface area contributed by atoms with Crippen molar-refractivity contribution in [3.63, 3.8) is 0 Å². The molecule has 1 aromatic carbocycles. The highest BCUT2D eigenvalue weighted by Gasteiger charge is 2.14. The second kappa shape index (κ2) is 6.67. The molecule has 18 heavy (non-hydrogen) atoms. The summed E-state index contributed by atoms with van der Waals surface area (Å²) in [6.45, 7) is 0.739. The number of non-ortho nitro benzene ring substituents is 1. The molecule has 0 bridgehead atoms. The highest BCUT2D eigenvalue weighted by molar-refractivity contribution is 5.81. The molecule has 1 amide bonds. The lowest BCUT2D eigenvalue weighted by atomic mass is 10.1. The number of nitro benzene ring substituents is 1. The molecular weight excluding hydrogens is 236 g/mol. The third kappa shape index (κ3) is 4.11. The summed E-state index contributed by atoms with van der Waals surface area (Å²) in [7, 11) is 0. The zero-order valence-electron chi connectivity index (χ0n) is 9.83. The molecule has 1 aromatic rings. The van der Waals surface area contributed by atoms with Crippen molar-refractivity contribution in [3.8, 4) is 0 Å². The summed E-state index contributed by atoms with van der Waals surface area (Å²) < 4.78 is 0. The van der Waals surface area contributed by atoms with Crippen LogP contribution in [0.15, 0.2) is 24.3 Å². The van der Waals surface area contributed by atoms with Crippen molar-refractivity contribution in [1.82, 2.24) is 5.32 Å². The Morgan fingerprint density at radius 3 is 2.50 bits per heavy atom. The van der Waals surface area contributed by atoms with E-state index in [1.54, 1.807) is 12.1 Å². The normalized spacial score (nSPS) is 11.9. The van der Waals surface area contributed by atoms with Crippen LogP contribution < -0.4 is 16.8 Å². The van der Waals surface area contributed by atoms with E-state index in [-0.39, 0.29) is 11.6 Å². The van der Waals surface area contributed by atoms with Gasteiger partial charge in [0.1, 0.15) is 0 Å². The molecule has 0 saturated carbocycles. The van der Waals surface area contributed by atoms with Gasteiger partial charge in [-0.15, -0.1) is 0 Å². The summed E-state index contributed by atoms with van der Waals surface area (Å²) in [4.78, 5) is 21.5. The van der Waals surface area contributed by atoms with Gasteiger partial charge in [0.2, 0.25) is 5.91 Å². The van der Waals surface area contributed by atoms with Crippen molar-refractivity contribution in [1.29, 1.82) is 0 Å². The Labute approximate surface area is 104 Å². The van der Waals surface area contributed by atoms with Gasteiger partial charge in [-0.25, -0.2) is 0 Å². The van der Waals surface area contributed by atoms with E-state index in [4.69, 9.17) is 11.5 Å². The van der Waals surface area contributed by atoms with Crippen molar-refractivity contribution in [3.05, 3.63) is 39.9 Å².